The fourth-order valence-electron chi connectivity index (χ4n) is 1.68. The van der Waals surface area contributed by atoms with E-state index in [0.29, 0.717) is 0 Å². The number of hydrogen-bond donors (Lipinski definition) is 0. The van der Waals surface area contributed by atoms with Gasteiger partial charge in [-0.25, -0.2) is 0 Å². The predicted molar refractivity (Wildman–Crippen MR) is 67.2 cm³/mol. The number of methoxy groups -OCH3 is 2. The van der Waals surface area contributed by atoms with Gasteiger partial charge >= 0.3 is 0 Å². The van der Waals surface area contributed by atoms with Crippen molar-refractivity contribution in [2.75, 3.05) is 26.5 Å². The van der Waals surface area contributed by atoms with Crippen molar-refractivity contribution in [1.29, 1.82) is 0 Å². The third-order valence-corrected chi connectivity index (χ3v) is 5.08. The summed E-state index contributed by atoms with van der Waals surface area (Å²) in [6.07, 6.45) is 2.34. The first kappa shape index (κ1) is 12.3. The van der Waals surface area contributed by atoms with Gasteiger partial charge in [0.1, 0.15) is 11.5 Å². The van der Waals surface area contributed by atoms with Gasteiger partial charge in [-0.15, -0.1) is 0 Å². The highest BCUT2D eigenvalue weighted by Gasteiger charge is 2.17. The van der Waals surface area contributed by atoms with E-state index < -0.39 is 0 Å². The molecule has 0 atom stereocenters. The quantitative estimate of drug-likeness (QED) is 0.719. The highest BCUT2D eigenvalue weighted by Crippen LogP contribution is 2.40. The van der Waals surface area contributed by atoms with E-state index in [2.05, 4.69) is 13.8 Å². The molecule has 0 aliphatic rings. The number of benzene rings is 1. The molecule has 0 saturated carbocycles. The summed E-state index contributed by atoms with van der Waals surface area (Å²) in [5.41, 5.74) is 0. The van der Waals surface area contributed by atoms with Crippen molar-refractivity contribution in [2.45, 2.75) is 13.8 Å². The second kappa shape index (κ2) is 5.97. The van der Waals surface area contributed by atoms with Gasteiger partial charge in [-0.2, -0.15) is 0 Å². The van der Waals surface area contributed by atoms with E-state index in [1.54, 1.807) is 14.2 Å². The lowest BCUT2D eigenvalue weighted by Gasteiger charge is -2.20. The van der Waals surface area contributed by atoms with Crippen LogP contribution in [0, 0.1) is 0 Å². The highest BCUT2D eigenvalue weighted by atomic mass is 31.1. The number of hydrogen-bond acceptors (Lipinski definition) is 2. The third-order valence-electron chi connectivity index (χ3n) is 2.48. The van der Waals surface area contributed by atoms with Crippen LogP contribution >= 0.6 is 7.92 Å². The van der Waals surface area contributed by atoms with Crippen LogP contribution < -0.4 is 14.8 Å². The molecule has 15 heavy (non-hydrogen) atoms. The first-order valence-corrected chi connectivity index (χ1v) is 6.95. The summed E-state index contributed by atoms with van der Waals surface area (Å²) in [4.78, 5) is 0. The van der Waals surface area contributed by atoms with Crippen LogP contribution in [-0.4, -0.2) is 26.5 Å². The Kier molecular flexibility index (Phi) is 4.90. The van der Waals surface area contributed by atoms with Gasteiger partial charge in [0.05, 0.1) is 19.5 Å². The maximum Gasteiger partial charge on any atom is 0.130 e. The first-order chi connectivity index (χ1) is 7.28. The summed E-state index contributed by atoms with van der Waals surface area (Å²) in [5.74, 6) is 1.92. The van der Waals surface area contributed by atoms with E-state index in [9.17, 15) is 0 Å². The SMILES string of the molecule is CCP(CC)c1c(OC)cccc1OC. The lowest BCUT2D eigenvalue weighted by atomic mass is 10.3. The Bertz CT molecular complexity index is 286. The van der Waals surface area contributed by atoms with Gasteiger partial charge in [-0.05, 0) is 24.5 Å². The van der Waals surface area contributed by atoms with Crippen LogP contribution in [0.25, 0.3) is 0 Å². The molecule has 1 rings (SSSR count). The summed E-state index contributed by atoms with van der Waals surface area (Å²) >= 11 is 0. The minimum atomic E-state index is -0.155. The summed E-state index contributed by atoms with van der Waals surface area (Å²) in [7, 11) is 3.28. The molecule has 84 valence electrons. The second-order valence-electron chi connectivity index (χ2n) is 3.18. The van der Waals surface area contributed by atoms with Crippen LogP contribution in [0.1, 0.15) is 13.8 Å². The Hall–Kier alpha value is -0.750. The molecule has 0 heterocycles. The smallest absolute Gasteiger partial charge is 0.130 e. The van der Waals surface area contributed by atoms with Crippen LogP contribution in [0.15, 0.2) is 18.2 Å². The summed E-state index contributed by atoms with van der Waals surface area (Å²) < 4.78 is 10.8. The Labute approximate surface area is 93.3 Å². The molecule has 2 nitrogen and oxygen atoms in total. The minimum absolute atomic E-state index is 0.155. The van der Waals surface area contributed by atoms with Crippen LogP contribution in [0.3, 0.4) is 0 Å². The summed E-state index contributed by atoms with van der Waals surface area (Å²) in [6, 6.07) is 6.00. The Morgan fingerprint density at radius 2 is 1.47 bits per heavy atom. The highest BCUT2D eigenvalue weighted by molar-refractivity contribution is 7.66. The predicted octanol–water partition coefficient (Wildman–Crippen LogP) is 2.85. The number of rotatable bonds is 5. The van der Waals surface area contributed by atoms with Gasteiger partial charge in [0.2, 0.25) is 0 Å². The van der Waals surface area contributed by atoms with E-state index in [1.807, 2.05) is 18.2 Å². The van der Waals surface area contributed by atoms with E-state index in [-0.39, 0.29) is 7.92 Å². The number of ether oxygens (including phenoxy) is 2. The van der Waals surface area contributed by atoms with E-state index in [4.69, 9.17) is 9.47 Å². The van der Waals surface area contributed by atoms with Crippen LogP contribution in [0.2, 0.25) is 0 Å². The molecule has 0 fully saturated rings. The van der Waals surface area contributed by atoms with Crippen LogP contribution in [0.4, 0.5) is 0 Å². The molecule has 0 radical (unpaired) electrons. The standard InChI is InChI=1S/C12H19O2P/c1-5-15(6-2)12-10(13-3)8-7-9-11(12)14-4/h7-9H,5-6H2,1-4H3. The Morgan fingerprint density at radius 3 is 1.80 bits per heavy atom. The van der Waals surface area contributed by atoms with Gasteiger partial charge < -0.3 is 9.47 Å². The maximum absolute atomic E-state index is 5.41. The first-order valence-electron chi connectivity index (χ1n) is 5.24. The molecule has 0 spiro atoms. The van der Waals surface area contributed by atoms with Gasteiger partial charge in [0.15, 0.2) is 0 Å². The van der Waals surface area contributed by atoms with Crippen molar-refractivity contribution < 1.29 is 9.47 Å². The molecular formula is C12H19O2P. The minimum Gasteiger partial charge on any atom is -0.496 e. The van der Waals surface area contributed by atoms with Crippen LogP contribution in [-0.2, 0) is 0 Å². The monoisotopic (exact) mass is 226 g/mol. The lowest BCUT2D eigenvalue weighted by Crippen LogP contribution is -2.11. The molecule has 0 unspecified atom stereocenters. The third kappa shape index (κ3) is 2.63. The summed E-state index contributed by atoms with van der Waals surface area (Å²) in [6.45, 7) is 4.45. The molecular weight excluding hydrogens is 207 g/mol. The van der Waals surface area contributed by atoms with Gasteiger partial charge in [0.25, 0.3) is 0 Å². The Balaban J connectivity index is 3.20. The molecule has 1 aromatic rings. The van der Waals surface area contributed by atoms with E-state index >= 15 is 0 Å². The molecule has 0 amide bonds. The van der Waals surface area contributed by atoms with Crippen molar-refractivity contribution in [3.8, 4) is 11.5 Å². The molecule has 0 aliphatic carbocycles. The van der Waals surface area contributed by atoms with Crippen molar-refractivity contribution in [3.05, 3.63) is 18.2 Å². The molecule has 0 saturated heterocycles. The lowest BCUT2D eigenvalue weighted by molar-refractivity contribution is 0.401. The van der Waals surface area contributed by atoms with Crippen molar-refractivity contribution in [1.82, 2.24) is 0 Å². The fraction of sp³-hybridized carbons (Fsp3) is 0.500. The summed E-state index contributed by atoms with van der Waals surface area (Å²) in [5, 5.41) is 1.27. The maximum atomic E-state index is 5.41. The topological polar surface area (TPSA) is 18.5 Å². The normalized spacial score (nSPS) is 10.5. The molecule has 3 heteroatoms. The van der Waals surface area contributed by atoms with Gasteiger partial charge in [0, 0.05) is 0 Å². The van der Waals surface area contributed by atoms with Crippen molar-refractivity contribution in [3.63, 3.8) is 0 Å². The van der Waals surface area contributed by atoms with Crippen molar-refractivity contribution in [2.24, 2.45) is 0 Å². The largest absolute Gasteiger partial charge is 0.496 e. The fourth-order valence-corrected chi connectivity index (χ4v) is 3.72. The molecule has 0 aromatic heterocycles. The van der Waals surface area contributed by atoms with E-state index in [0.717, 1.165) is 11.5 Å². The van der Waals surface area contributed by atoms with Gasteiger partial charge in [-0.3, -0.25) is 0 Å². The molecule has 0 N–H and O–H groups in total. The zero-order chi connectivity index (χ0) is 11.3. The zero-order valence-electron chi connectivity index (χ0n) is 9.91. The molecule has 0 bridgehead atoms. The van der Waals surface area contributed by atoms with Gasteiger partial charge in [-0.1, -0.05) is 27.8 Å². The zero-order valence-corrected chi connectivity index (χ0v) is 10.8. The molecule has 1 aromatic carbocycles. The van der Waals surface area contributed by atoms with Crippen molar-refractivity contribution >= 4 is 13.2 Å². The Morgan fingerprint density at radius 1 is 1.00 bits per heavy atom. The van der Waals surface area contributed by atoms with Crippen LogP contribution in [0.5, 0.6) is 11.5 Å². The van der Waals surface area contributed by atoms with E-state index in [1.165, 1.54) is 17.6 Å². The molecule has 0 aliphatic heterocycles. The second-order valence-corrected chi connectivity index (χ2v) is 5.98. The average Bonchev–Trinajstić information content (AvgIpc) is 2.30. The average molecular weight is 226 g/mol.